The standard InChI is InChI=1S/C24H33N3O5/c1-3-4-14-20-15-10-5-6-11-16-21(28)25-23(27(2)17-22(29)32-20)26-24(30)31-18-19-12-8-7-9-13-19/h5,7-10,12-13,20H,3-4,6,11,14-18H2,1-2H3,(H,25,26,28,30)/b10-5+/i2D3. The summed E-state index contributed by atoms with van der Waals surface area (Å²) in [5.41, 5.74) is 0.707. The molecule has 1 aliphatic rings. The van der Waals surface area contributed by atoms with Gasteiger partial charge in [-0.2, -0.15) is 0 Å². The van der Waals surface area contributed by atoms with E-state index in [0.29, 0.717) is 36.1 Å². The topological polar surface area (TPSA) is 97.3 Å². The fourth-order valence-electron chi connectivity index (χ4n) is 3.01. The van der Waals surface area contributed by atoms with E-state index in [9.17, 15) is 14.4 Å². The Morgan fingerprint density at radius 1 is 1.31 bits per heavy atom. The van der Waals surface area contributed by atoms with E-state index in [4.69, 9.17) is 13.6 Å². The molecule has 0 saturated heterocycles. The van der Waals surface area contributed by atoms with Crippen molar-refractivity contribution in [1.29, 1.82) is 0 Å². The summed E-state index contributed by atoms with van der Waals surface area (Å²) in [5, 5.41) is 2.37. The first kappa shape index (κ1) is 20.7. The SMILES string of the molecule is [2H]C([2H])([2H])N1CC(=O)OC(CCCC)C/C=C/CCCC(=O)NC1=NC(=O)OCc1ccccc1. The van der Waals surface area contributed by atoms with Gasteiger partial charge in [-0.1, -0.05) is 62.2 Å². The number of ether oxygens (including phenoxy) is 2. The quantitative estimate of drug-likeness (QED) is 0.543. The number of allylic oxidation sites excluding steroid dienone is 1. The first-order valence-electron chi connectivity index (χ1n) is 12.4. The van der Waals surface area contributed by atoms with Crippen molar-refractivity contribution in [3.05, 3.63) is 48.0 Å². The summed E-state index contributed by atoms with van der Waals surface area (Å²) in [4.78, 5) is 41.8. The van der Waals surface area contributed by atoms with Crippen molar-refractivity contribution in [3.8, 4) is 0 Å². The molecule has 0 spiro atoms. The van der Waals surface area contributed by atoms with Crippen molar-refractivity contribution in [3.63, 3.8) is 0 Å². The Hall–Kier alpha value is -3.16. The third-order valence-corrected chi connectivity index (χ3v) is 4.71. The van der Waals surface area contributed by atoms with E-state index in [2.05, 4.69) is 10.3 Å². The van der Waals surface area contributed by atoms with Crippen molar-refractivity contribution in [2.45, 2.75) is 64.6 Å². The molecule has 1 aromatic rings. The Balaban J connectivity index is 2.28. The molecular weight excluding hydrogens is 410 g/mol. The Kier molecular flexibility index (Phi) is 9.07. The highest BCUT2D eigenvalue weighted by atomic mass is 16.5. The van der Waals surface area contributed by atoms with Gasteiger partial charge in [0.1, 0.15) is 19.3 Å². The lowest BCUT2D eigenvalue weighted by Gasteiger charge is -2.23. The highest BCUT2D eigenvalue weighted by Crippen LogP contribution is 2.12. The number of guanidine groups is 1. The van der Waals surface area contributed by atoms with Crippen molar-refractivity contribution in [2.24, 2.45) is 4.99 Å². The van der Waals surface area contributed by atoms with Crippen LogP contribution in [0.5, 0.6) is 0 Å². The minimum Gasteiger partial charge on any atom is -0.461 e. The van der Waals surface area contributed by atoms with Gasteiger partial charge in [-0.3, -0.25) is 14.9 Å². The highest BCUT2D eigenvalue weighted by molar-refractivity contribution is 6.01. The van der Waals surface area contributed by atoms with Crippen LogP contribution in [0.4, 0.5) is 4.79 Å². The van der Waals surface area contributed by atoms with Gasteiger partial charge in [0.05, 0.1) is 0 Å². The smallest absolute Gasteiger partial charge is 0.437 e. The summed E-state index contributed by atoms with van der Waals surface area (Å²) < 4.78 is 34.3. The zero-order valence-corrected chi connectivity index (χ0v) is 18.4. The summed E-state index contributed by atoms with van der Waals surface area (Å²) in [6, 6.07) is 8.86. The third-order valence-electron chi connectivity index (χ3n) is 4.71. The van der Waals surface area contributed by atoms with Gasteiger partial charge in [-0.25, -0.2) is 4.79 Å². The van der Waals surface area contributed by atoms with E-state index < -0.39 is 43.6 Å². The van der Waals surface area contributed by atoms with Gasteiger partial charge in [-0.05, 0) is 24.8 Å². The van der Waals surface area contributed by atoms with Gasteiger partial charge < -0.3 is 14.4 Å². The Bertz CT molecular complexity index is 903. The maximum absolute atomic E-state index is 12.7. The summed E-state index contributed by atoms with van der Waals surface area (Å²) in [5.74, 6) is -1.91. The number of benzene rings is 1. The van der Waals surface area contributed by atoms with Crippen molar-refractivity contribution in [2.75, 3.05) is 13.5 Å². The van der Waals surface area contributed by atoms with Crippen LogP contribution in [0.3, 0.4) is 0 Å². The molecule has 8 nitrogen and oxygen atoms in total. The zero-order valence-electron chi connectivity index (χ0n) is 21.4. The van der Waals surface area contributed by atoms with Crippen LogP contribution in [-0.4, -0.2) is 48.5 Å². The number of amides is 2. The second kappa shape index (κ2) is 14.0. The number of aliphatic imine (C=N–C) groups is 1. The fourth-order valence-corrected chi connectivity index (χ4v) is 3.01. The molecule has 1 atom stereocenters. The average molecular weight is 447 g/mol. The number of likely N-dealkylation sites (N-methyl/N-ethyl adjacent to an activating group) is 1. The van der Waals surface area contributed by atoms with Gasteiger partial charge in [0.2, 0.25) is 11.9 Å². The molecule has 1 aromatic carbocycles. The molecule has 1 unspecified atom stereocenters. The van der Waals surface area contributed by atoms with Crippen molar-refractivity contribution >= 4 is 23.9 Å². The maximum Gasteiger partial charge on any atom is 0.437 e. The number of carbonyl (C=O) groups is 3. The largest absolute Gasteiger partial charge is 0.461 e. The van der Waals surface area contributed by atoms with Gasteiger partial charge in [-0.15, -0.1) is 4.99 Å². The molecule has 0 bridgehead atoms. The second-order valence-electron chi connectivity index (χ2n) is 7.46. The van der Waals surface area contributed by atoms with Gasteiger partial charge in [0, 0.05) is 23.9 Å². The zero-order chi connectivity index (χ0) is 25.7. The van der Waals surface area contributed by atoms with Crippen molar-refractivity contribution < 1.29 is 28.0 Å². The molecule has 8 heteroatoms. The van der Waals surface area contributed by atoms with E-state index in [1.807, 2.05) is 25.1 Å². The number of carbonyl (C=O) groups excluding carboxylic acids is 3. The molecule has 1 N–H and O–H groups in total. The van der Waals surface area contributed by atoms with E-state index in [-0.39, 0.29) is 13.0 Å². The second-order valence-corrected chi connectivity index (χ2v) is 7.46. The van der Waals surface area contributed by atoms with Crippen LogP contribution >= 0.6 is 0 Å². The minimum absolute atomic E-state index is 0.0843. The lowest BCUT2D eigenvalue weighted by atomic mass is 10.1. The lowest BCUT2D eigenvalue weighted by Crippen LogP contribution is -2.45. The van der Waals surface area contributed by atoms with Gasteiger partial charge in [0.15, 0.2) is 0 Å². The van der Waals surface area contributed by atoms with Crippen LogP contribution in [0.25, 0.3) is 0 Å². The van der Waals surface area contributed by atoms with E-state index in [0.717, 1.165) is 12.8 Å². The van der Waals surface area contributed by atoms with Gasteiger partial charge in [0.25, 0.3) is 0 Å². The van der Waals surface area contributed by atoms with Gasteiger partial charge >= 0.3 is 12.1 Å². The molecule has 0 fully saturated rings. The van der Waals surface area contributed by atoms with Crippen LogP contribution in [0.1, 0.15) is 61.5 Å². The number of hydrogen-bond acceptors (Lipinski definition) is 5. The summed E-state index contributed by atoms with van der Waals surface area (Å²) >= 11 is 0. The lowest BCUT2D eigenvalue weighted by molar-refractivity contribution is -0.149. The number of nitrogens with one attached hydrogen (secondary N) is 1. The Morgan fingerprint density at radius 2 is 2.12 bits per heavy atom. The summed E-state index contributed by atoms with van der Waals surface area (Å²) in [6.45, 7) is -1.68. The molecule has 0 aromatic heterocycles. The van der Waals surface area contributed by atoms with Crippen LogP contribution < -0.4 is 5.32 Å². The Labute approximate surface area is 193 Å². The molecule has 174 valence electrons. The number of nitrogens with zero attached hydrogens (tertiary/aromatic N) is 2. The predicted molar refractivity (Wildman–Crippen MR) is 122 cm³/mol. The average Bonchev–Trinajstić information content (AvgIpc) is 2.80. The molecule has 32 heavy (non-hydrogen) atoms. The maximum atomic E-state index is 12.7. The third kappa shape index (κ3) is 9.76. The Morgan fingerprint density at radius 3 is 2.88 bits per heavy atom. The fraction of sp³-hybridized carbons (Fsp3) is 0.500. The van der Waals surface area contributed by atoms with Crippen molar-refractivity contribution in [1.82, 2.24) is 10.2 Å². The predicted octanol–water partition coefficient (Wildman–Crippen LogP) is 3.96. The van der Waals surface area contributed by atoms with E-state index in [1.54, 1.807) is 24.3 Å². The van der Waals surface area contributed by atoms with Crippen LogP contribution in [0, 0.1) is 0 Å². The molecule has 0 saturated carbocycles. The molecule has 0 aliphatic carbocycles. The minimum atomic E-state index is -2.89. The number of cyclic esters (lactones) is 1. The number of rotatable bonds is 5. The number of esters is 1. The van der Waals surface area contributed by atoms with E-state index in [1.165, 1.54) is 0 Å². The summed E-state index contributed by atoms with van der Waals surface area (Å²) in [6.07, 6.45) is 6.48. The molecule has 2 rings (SSSR count). The van der Waals surface area contributed by atoms with Crippen LogP contribution in [0.15, 0.2) is 47.5 Å². The highest BCUT2D eigenvalue weighted by Gasteiger charge is 2.20. The number of hydrogen-bond donors (Lipinski definition) is 1. The monoisotopic (exact) mass is 446 g/mol. The molecular formula is C24H33N3O5. The molecule has 1 heterocycles. The normalized spacial score (nSPS) is 22.5. The molecule has 0 radical (unpaired) electrons. The molecule has 1 aliphatic heterocycles. The first-order chi connectivity index (χ1) is 16.7. The molecule has 2 amide bonds. The first-order valence-corrected chi connectivity index (χ1v) is 10.9. The van der Waals surface area contributed by atoms with E-state index >= 15 is 0 Å². The number of unbranched alkanes of at least 4 members (excludes halogenated alkanes) is 1. The van der Waals surface area contributed by atoms with Crippen LogP contribution in [0.2, 0.25) is 0 Å². The van der Waals surface area contributed by atoms with Crippen LogP contribution in [-0.2, 0) is 25.7 Å². The summed E-state index contributed by atoms with van der Waals surface area (Å²) in [7, 11) is 0.